The smallest absolute Gasteiger partial charge is 0.249 e. The molecule has 1 unspecified atom stereocenters. The van der Waals surface area contributed by atoms with E-state index in [1.54, 1.807) is 41.4 Å². The number of imide groups is 1. The lowest BCUT2D eigenvalue weighted by atomic mass is 9.90. The zero-order valence-corrected chi connectivity index (χ0v) is 22.8. The van der Waals surface area contributed by atoms with Crippen LogP contribution in [0.5, 0.6) is 0 Å². The molecule has 38 heavy (non-hydrogen) atoms. The van der Waals surface area contributed by atoms with E-state index in [4.69, 9.17) is 0 Å². The molecule has 0 aliphatic carbocycles. The number of benzene rings is 3. The maximum absolute atomic E-state index is 13.7. The first-order valence-electron chi connectivity index (χ1n) is 12.0. The summed E-state index contributed by atoms with van der Waals surface area (Å²) in [6.45, 7) is 0.149. The van der Waals surface area contributed by atoms with Crippen LogP contribution in [0, 0.1) is 5.92 Å². The fourth-order valence-corrected chi connectivity index (χ4v) is 5.73. The van der Waals surface area contributed by atoms with Crippen LogP contribution in [0.1, 0.15) is 17.2 Å². The first-order valence-corrected chi connectivity index (χ1v) is 14.7. The van der Waals surface area contributed by atoms with Gasteiger partial charge in [0.05, 0.1) is 29.5 Å². The average Bonchev–Trinajstić information content (AvgIpc) is 3.14. The maximum Gasteiger partial charge on any atom is 0.249 e. The SMILES string of the molecule is CS(=O)(=O)c1ccc(NN2[C@@H]3C(=O)N(Cc4ccccc4)C(=O)C3C=C[C@@H]2[C@H](O)c2ccc(Br)cc2)cc1. The highest BCUT2D eigenvalue weighted by Gasteiger charge is 2.53. The minimum absolute atomic E-state index is 0.149. The van der Waals surface area contributed by atoms with Crippen molar-refractivity contribution in [1.82, 2.24) is 9.91 Å². The van der Waals surface area contributed by atoms with Crippen molar-refractivity contribution in [3.63, 3.8) is 0 Å². The van der Waals surface area contributed by atoms with Crippen LogP contribution >= 0.6 is 15.9 Å². The van der Waals surface area contributed by atoms with Crippen LogP contribution in [0.3, 0.4) is 0 Å². The second-order valence-electron chi connectivity index (χ2n) is 9.41. The van der Waals surface area contributed by atoms with E-state index in [1.807, 2.05) is 42.5 Å². The summed E-state index contributed by atoms with van der Waals surface area (Å²) in [5, 5.41) is 13.0. The molecule has 3 aromatic rings. The van der Waals surface area contributed by atoms with E-state index in [9.17, 15) is 23.1 Å². The molecule has 2 N–H and O–H groups in total. The van der Waals surface area contributed by atoms with Gasteiger partial charge in [-0.15, -0.1) is 0 Å². The molecule has 1 saturated heterocycles. The van der Waals surface area contributed by atoms with E-state index in [2.05, 4.69) is 21.4 Å². The Labute approximate surface area is 229 Å². The molecule has 0 bridgehead atoms. The maximum atomic E-state index is 13.7. The van der Waals surface area contributed by atoms with Gasteiger partial charge in [0.2, 0.25) is 11.8 Å². The van der Waals surface area contributed by atoms with E-state index in [0.29, 0.717) is 11.3 Å². The van der Waals surface area contributed by atoms with Crippen molar-refractivity contribution in [3.8, 4) is 0 Å². The topological polar surface area (TPSA) is 107 Å². The van der Waals surface area contributed by atoms with Gasteiger partial charge in [-0.3, -0.25) is 14.5 Å². The molecule has 1 fully saturated rings. The van der Waals surface area contributed by atoms with Crippen molar-refractivity contribution < 1.29 is 23.1 Å². The van der Waals surface area contributed by atoms with Gasteiger partial charge in [-0.2, -0.15) is 0 Å². The standard InChI is InChI=1S/C28H26BrN3O5S/c1-38(36,37)22-13-11-21(12-14-22)30-32-24(26(33)19-7-9-20(29)10-8-19)16-15-23-25(32)28(35)31(27(23)34)17-18-5-3-2-4-6-18/h2-16,23-26,30,33H,17H2,1H3/t23?,24-,25+,26-/m1/s1. The molecule has 5 rings (SSSR count). The highest BCUT2D eigenvalue weighted by Crippen LogP contribution is 2.37. The molecule has 0 aromatic heterocycles. The number of aliphatic hydroxyl groups excluding tert-OH is 1. The second kappa shape index (κ2) is 10.5. The molecule has 2 aliphatic rings. The summed E-state index contributed by atoms with van der Waals surface area (Å²) >= 11 is 3.40. The highest BCUT2D eigenvalue weighted by molar-refractivity contribution is 9.10. The Hall–Kier alpha value is -3.31. The first-order chi connectivity index (χ1) is 18.1. The van der Waals surface area contributed by atoms with Crippen molar-refractivity contribution in [2.75, 3.05) is 11.7 Å². The normalized spacial score (nSPS) is 22.4. The monoisotopic (exact) mass is 595 g/mol. The van der Waals surface area contributed by atoms with Crippen molar-refractivity contribution in [2.45, 2.75) is 29.6 Å². The van der Waals surface area contributed by atoms with Crippen LogP contribution in [0.25, 0.3) is 0 Å². The zero-order chi connectivity index (χ0) is 27.0. The number of halogens is 1. The summed E-state index contributed by atoms with van der Waals surface area (Å²) < 4.78 is 24.7. The van der Waals surface area contributed by atoms with Gasteiger partial charge in [-0.1, -0.05) is 70.5 Å². The Kier molecular flexibility index (Phi) is 7.23. The lowest BCUT2D eigenvalue weighted by Crippen LogP contribution is -2.55. The molecule has 0 radical (unpaired) electrons. The van der Waals surface area contributed by atoms with Gasteiger partial charge in [0, 0.05) is 16.4 Å². The number of hydrazine groups is 1. The zero-order valence-electron chi connectivity index (χ0n) is 20.4. The van der Waals surface area contributed by atoms with Gasteiger partial charge in [-0.25, -0.2) is 13.4 Å². The number of likely N-dealkylation sites (tertiary alicyclic amines) is 1. The number of hydrogen-bond donors (Lipinski definition) is 2. The number of rotatable bonds is 7. The molecule has 4 atom stereocenters. The van der Waals surface area contributed by atoms with Crippen LogP contribution in [0.2, 0.25) is 0 Å². The highest BCUT2D eigenvalue weighted by atomic mass is 79.9. The Morgan fingerprint density at radius 1 is 0.921 bits per heavy atom. The summed E-state index contributed by atoms with van der Waals surface area (Å²) in [4.78, 5) is 28.5. The summed E-state index contributed by atoms with van der Waals surface area (Å²) in [5.41, 5.74) is 5.18. The summed E-state index contributed by atoms with van der Waals surface area (Å²) in [6.07, 6.45) is 3.55. The lowest BCUT2D eigenvalue weighted by molar-refractivity contribution is -0.140. The number of hydrogen-bond acceptors (Lipinski definition) is 7. The number of sulfone groups is 1. The van der Waals surface area contributed by atoms with E-state index in [0.717, 1.165) is 16.3 Å². The van der Waals surface area contributed by atoms with Gasteiger partial charge < -0.3 is 10.5 Å². The minimum atomic E-state index is -3.39. The van der Waals surface area contributed by atoms with Gasteiger partial charge in [0.15, 0.2) is 9.84 Å². The van der Waals surface area contributed by atoms with E-state index in [-0.39, 0.29) is 23.3 Å². The number of aliphatic hydroxyl groups is 1. The molecule has 3 aromatic carbocycles. The number of carbonyl (C=O) groups is 2. The molecule has 2 amide bonds. The number of amides is 2. The van der Waals surface area contributed by atoms with E-state index >= 15 is 0 Å². The Bertz CT molecular complexity index is 1480. The van der Waals surface area contributed by atoms with Crippen molar-refractivity contribution in [3.05, 3.63) is 107 Å². The predicted molar refractivity (Wildman–Crippen MR) is 146 cm³/mol. The fraction of sp³-hybridized carbons (Fsp3) is 0.214. The summed E-state index contributed by atoms with van der Waals surface area (Å²) in [6, 6.07) is 21.0. The molecular weight excluding hydrogens is 570 g/mol. The predicted octanol–water partition coefficient (Wildman–Crippen LogP) is 3.71. The molecule has 0 saturated carbocycles. The minimum Gasteiger partial charge on any atom is -0.386 e. The van der Waals surface area contributed by atoms with Crippen LogP contribution in [0.4, 0.5) is 5.69 Å². The summed E-state index contributed by atoms with van der Waals surface area (Å²) in [7, 11) is -3.39. The molecule has 10 heteroatoms. The van der Waals surface area contributed by atoms with Gasteiger partial charge in [0.25, 0.3) is 0 Å². The van der Waals surface area contributed by atoms with Crippen LogP contribution < -0.4 is 5.43 Å². The largest absolute Gasteiger partial charge is 0.386 e. The number of anilines is 1. The van der Waals surface area contributed by atoms with Crippen molar-refractivity contribution >= 4 is 43.3 Å². The van der Waals surface area contributed by atoms with Gasteiger partial charge >= 0.3 is 0 Å². The lowest BCUT2D eigenvalue weighted by Gasteiger charge is -2.40. The van der Waals surface area contributed by atoms with Crippen molar-refractivity contribution in [1.29, 1.82) is 0 Å². The van der Waals surface area contributed by atoms with E-state index in [1.165, 1.54) is 17.0 Å². The number of nitrogens with zero attached hydrogens (tertiary/aromatic N) is 2. The molecule has 2 heterocycles. The van der Waals surface area contributed by atoms with E-state index < -0.39 is 33.9 Å². The third kappa shape index (κ3) is 5.17. The quantitative estimate of drug-likeness (QED) is 0.317. The third-order valence-electron chi connectivity index (χ3n) is 6.81. The van der Waals surface area contributed by atoms with Crippen LogP contribution in [-0.4, -0.2) is 53.6 Å². The van der Waals surface area contributed by atoms with Gasteiger partial charge in [0.1, 0.15) is 6.04 Å². The Morgan fingerprint density at radius 3 is 2.21 bits per heavy atom. The molecular formula is C28H26BrN3O5S. The molecule has 196 valence electrons. The Morgan fingerprint density at radius 2 is 1.58 bits per heavy atom. The average molecular weight is 597 g/mol. The Balaban J connectivity index is 1.50. The summed E-state index contributed by atoms with van der Waals surface area (Å²) in [5.74, 6) is -1.42. The van der Waals surface area contributed by atoms with Crippen molar-refractivity contribution in [2.24, 2.45) is 5.92 Å². The van der Waals surface area contributed by atoms with Crippen LogP contribution in [0.15, 0.2) is 100 Å². The molecule has 8 nitrogen and oxygen atoms in total. The fourth-order valence-electron chi connectivity index (χ4n) is 4.83. The number of carbonyl (C=O) groups excluding carboxylic acids is 2. The number of nitrogens with one attached hydrogen (secondary N) is 1. The third-order valence-corrected chi connectivity index (χ3v) is 8.46. The van der Waals surface area contributed by atoms with Gasteiger partial charge in [-0.05, 0) is 47.5 Å². The van der Waals surface area contributed by atoms with Crippen LogP contribution in [-0.2, 0) is 26.0 Å². The molecule has 2 aliphatic heterocycles. The second-order valence-corrected chi connectivity index (χ2v) is 12.3. The number of fused-ring (bicyclic) bond motifs is 1. The molecule has 0 spiro atoms. The first kappa shape index (κ1) is 26.3.